The van der Waals surface area contributed by atoms with Crippen LogP contribution in [0.4, 0.5) is 0 Å². The van der Waals surface area contributed by atoms with Gasteiger partial charge in [-0.1, -0.05) is 31.4 Å². The van der Waals surface area contributed by atoms with E-state index in [9.17, 15) is 9.36 Å². The molecular formula is C28H41O7P. The Hall–Kier alpha value is -1.66. The fourth-order valence-corrected chi connectivity index (χ4v) is 6.80. The van der Waals surface area contributed by atoms with Crippen LogP contribution in [-0.4, -0.2) is 27.5 Å². The van der Waals surface area contributed by atoms with Crippen molar-refractivity contribution >= 4 is 13.8 Å². The molecule has 0 radical (unpaired) electrons. The average molecular weight is 521 g/mol. The molecule has 0 saturated heterocycles. The van der Waals surface area contributed by atoms with Gasteiger partial charge >= 0.3 is 13.8 Å². The Balaban J connectivity index is 1.59. The maximum absolute atomic E-state index is 13.3. The first-order chi connectivity index (χ1) is 17.0. The summed E-state index contributed by atoms with van der Waals surface area (Å²) in [4.78, 5) is 31.5. The molecule has 0 unspecified atom stereocenters. The van der Waals surface area contributed by atoms with Crippen LogP contribution in [0.15, 0.2) is 23.8 Å². The third-order valence-electron chi connectivity index (χ3n) is 8.12. The minimum absolute atomic E-state index is 0.230. The number of carbonyl (C=O) groups is 1. The predicted octanol–water partition coefficient (Wildman–Crippen LogP) is 6.60. The fourth-order valence-electron chi connectivity index (χ4n) is 6.20. The van der Waals surface area contributed by atoms with E-state index in [2.05, 4.69) is 39.8 Å². The Bertz CT molecular complexity index is 1030. The summed E-state index contributed by atoms with van der Waals surface area (Å²) in [7, 11) is -4.53. The van der Waals surface area contributed by atoms with E-state index >= 15 is 0 Å². The lowest BCUT2D eigenvalue weighted by Crippen LogP contribution is -2.45. The van der Waals surface area contributed by atoms with Gasteiger partial charge in [0.1, 0.15) is 17.1 Å². The number of phosphoric acid groups is 1. The number of unbranched alkanes of at least 4 members (excludes halogenated alkanes) is 2. The molecule has 0 spiro atoms. The number of ether oxygens (including phenoxy) is 2. The predicted molar refractivity (Wildman–Crippen MR) is 138 cm³/mol. The zero-order valence-corrected chi connectivity index (χ0v) is 22.9. The van der Waals surface area contributed by atoms with Crippen molar-refractivity contribution in [3.05, 3.63) is 34.9 Å². The molecule has 36 heavy (non-hydrogen) atoms. The smallest absolute Gasteiger partial charge is 0.469 e. The second-order valence-electron chi connectivity index (χ2n) is 11.4. The molecule has 200 valence electrons. The molecule has 1 aromatic rings. The molecule has 1 heterocycles. The van der Waals surface area contributed by atoms with Gasteiger partial charge in [0.15, 0.2) is 0 Å². The highest BCUT2D eigenvalue weighted by Crippen LogP contribution is 2.54. The zero-order chi connectivity index (χ0) is 26.1. The van der Waals surface area contributed by atoms with E-state index in [1.807, 2.05) is 6.07 Å². The maximum atomic E-state index is 13.3. The summed E-state index contributed by atoms with van der Waals surface area (Å²) in [5, 5.41) is 0. The van der Waals surface area contributed by atoms with E-state index in [1.165, 1.54) is 5.57 Å². The fraction of sp³-hybridized carbons (Fsp3) is 0.679. The van der Waals surface area contributed by atoms with Gasteiger partial charge in [0, 0.05) is 17.4 Å². The van der Waals surface area contributed by atoms with E-state index in [4.69, 9.17) is 23.8 Å². The molecule has 1 saturated carbocycles. The van der Waals surface area contributed by atoms with Crippen molar-refractivity contribution < 1.29 is 33.1 Å². The first-order valence-electron chi connectivity index (χ1n) is 13.4. The lowest BCUT2D eigenvalue weighted by molar-refractivity contribution is -0.140. The lowest BCUT2D eigenvalue weighted by Gasteiger charge is -2.47. The number of phosphoric ester groups is 1. The molecule has 8 heteroatoms. The number of allylic oxidation sites excluding steroid dienone is 2. The van der Waals surface area contributed by atoms with Crippen molar-refractivity contribution in [1.29, 1.82) is 0 Å². The van der Waals surface area contributed by atoms with Crippen molar-refractivity contribution in [2.75, 3.05) is 0 Å². The van der Waals surface area contributed by atoms with Gasteiger partial charge in [-0.3, -0.25) is 9.32 Å². The van der Waals surface area contributed by atoms with Crippen LogP contribution >= 0.6 is 7.82 Å². The minimum Gasteiger partial charge on any atom is -0.487 e. The molecule has 3 aliphatic rings. The number of fused-ring (bicyclic) bond motifs is 3. The number of esters is 1. The van der Waals surface area contributed by atoms with Crippen LogP contribution in [0.1, 0.15) is 103 Å². The number of aryl methyl sites for hydroxylation is 1. The molecule has 2 N–H and O–H groups in total. The van der Waals surface area contributed by atoms with Crippen molar-refractivity contribution in [3.63, 3.8) is 0 Å². The van der Waals surface area contributed by atoms with E-state index in [0.717, 1.165) is 55.4 Å². The number of hydrogen-bond donors (Lipinski definition) is 2. The maximum Gasteiger partial charge on any atom is 0.469 e. The third-order valence-corrected chi connectivity index (χ3v) is 8.69. The minimum atomic E-state index is -4.53. The monoisotopic (exact) mass is 520 g/mol. The number of hydrogen-bond acceptors (Lipinski definition) is 5. The normalized spacial score (nSPS) is 27.3. The number of carbonyl (C=O) groups excluding carboxylic acids is 1. The van der Waals surface area contributed by atoms with Crippen LogP contribution in [0.2, 0.25) is 0 Å². The summed E-state index contributed by atoms with van der Waals surface area (Å²) in [5.41, 5.74) is 3.18. The van der Waals surface area contributed by atoms with Gasteiger partial charge < -0.3 is 19.3 Å². The van der Waals surface area contributed by atoms with Crippen molar-refractivity contribution in [2.45, 2.75) is 110 Å². The quantitative estimate of drug-likeness (QED) is 0.131. The van der Waals surface area contributed by atoms with Gasteiger partial charge in [0.2, 0.25) is 0 Å². The van der Waals surface area contributed by atoms with E-state index < -0.39 is 13.9 Å². The molecule has 0 bridgehead atoms. The number of rotatable bonds is 8. The molecule has 0 amide bonds. The summed E-state index contributed by atoms with van der Waals surface area (Å²) >= 11 is 0. The van der Waals surface area contributed by atoms with E-state index in [-0.39, 0.29) is 23.4 Å². The first-order valence-corrected chi connectivity index (χ1v) is 15.0. The molecule has 1 fully saturated rings. The molecule has 4 rings (SSSR count). The molecular weight excluding hydrogens is 479 g/mol. The highest BCUT2D eigenvalue weighted by molar-refractivity contribution is 7.46. The van der Waals surface area contributed by atoms with Gasteiger partial charge in [-0.15, -0.1) is 0 Å². The topological polar surface area (TPSA) is 102 Å². The zero-order valence-electron chi connectivity index (χ0n) is 22.0. The summed E-state index contributed by atoms with van der Waals surface area (Å²) in [5.74, 6) is 1.41. The molecule has 2 aliphatic carbocycles. The summed E-state index contributed by atoms with van der Waals surface area (Å²) in [6, 6.07) is 4.19. The molecule has 1 aromatic carbocycles. The third kappa shape index (κ3) is 6.42. The Kier molecular flexibility index (Phi) is 8.35. The van der Waals surface area contributed by atoms with Crippen LogP contribution in [0.3, 0.4) is 0 Å². The highest BCUT2D eigenvalue weighted by Gasteiger charge is 2.46. The van der Waals surface area contributed by atoms with Crippen molar-refractivity contribution in [1.82, 2.24) is 0 Å². The van der Waals surface area contributed by atoms with Gasteiger partial charge in [-0.25, -0.2) is 4.57 Å². The van der Waals surface area contributed by atoms with Crippen LogP contribution in [-0.2, 0) is 20.3 Å². The molecule has 1 aliphatic heterocycles. The van der Waals surface area contributed by atoms with Crippen LogP contribution < -0.4 is 9.47 Å². The highest BCUT2D eigenvalue weighted by atomic mass is 31.2. The van der Waals surface area contributed by atoms with Crippen molar-refractivity contribution in [2.24, 2.45) is 11.8 Å². The Morgan fingerprint density at radius 2 is 1.89 bits per heavy atom. The second kappa shape index (κ2) is 11.0. The van der Waals surface area contributed by atoms with Crippen LogP contribution in [0, 0.1) is 11.8 Å². The van der Waals surface area contributed by atoms with Gasteiger partial charge in [-0.05, 0) is 89.8 Å². The SMILES string of the molecule is CCCCCc1cc(OC(=O)C2CCC(OP(=O)(O)O)CC2)c2c(c1)OC(C)(C)[C@@H]1CC=C(C)C[C@@H]21. The Morgan fingerprint density at radius 3 is 2.56 bits per heavy atom. The largest absolute Gasteiger partial charge is 0.487 e. The molecule has 0 aromatic heterocycles. The van der Waals surface area contributed by atoms with Gasteiger partial charge in [0.25, 0.3) is 0 Å². The summed E-state index contributed by atoms with van der Waals surface area (Å²) in [6.45, 7) is 8.68. The summed E-state index contributed by atoms with van der Waals surface area (Å²) < 4.78 is 28.8. The van der Waals surface area contributed by atoms with Gasteiger partial charge in [0.05, 0.1) is 12.0 Å². The summed E-state index contributed by atoms with van der Waals surface area (Å²) in [6.07, 6.45) is 9.73. The Labute approximate surface area is 214 Å². The van der Waals surface area contributed by atoms with Gasteiger partial charge in [-0.2, -0.15) is 0 Å². The van der Waals surface area contributed by atoms with Crippen LogP contribution in [0.5, 0.6) is 11.5 Å². The second-order valence-corrected chi connectivity index (χ2v) is 12.6. The molecule has 2 atom stereocenters. The number of benzene rings is 1. The van der Waals surface area contributed by atoms with Crippen LogP contribution in [0.25, 0.3) is 0 Å². The molecule has 7 nitrogen and oxygen atoms in total. The van der Waals surface area contributed by atoms with E-state index in [1.54, 1.807) is 0 Å². The lowest BCUT2D eigenvalue weighted by atomic mass is 9.67. The van der Waals surface area contributed by atoms with Crippen molar-refractivity contribution in [3.8, 4) is 11.5 Å². The standard InChI is InChI=1S/C28H41O7P/c1-5-6-7-8-19-16-24(33-27(29)20-10-12-21(13-11-20)35-36(30,31)32)26-22-15-18(2)9-14-23(22)28(3,4)34-25(26)17-19/h9,16-17,20-23H,5-8,10-15H2,1-4H3,(H2,30,31,32)/t20?,21?,22-,23-/m1/s1. The average Bonchev–Trinajstić information content (AvgIpc) is 2.77. The van der Waals surface area contributed by atoms with E-state index in [0.29, 0.717) is 37.4 Å². The Morgan fingerprint density at radius 1 is 1.17 bits per heavy atom. The first kappa shape index (κ1) is 27.4.